The molecule has 0 N–H and O–H groups in total. The van der Waals surface area contributed by atoms with Crippen LogP contribution >= 0.6 is 0 Å². The normalized spacial score (nSPS) is 27.7. The fourth-order valence-corrected chi connectivity index (χ4v) is 1.04. The number of allylic oxidation sites excluding steroid dienone is 2. The lowest BCUT2D eigenvalue weighted by Crippen LogP contribution is -2.01. The molecule has 0 saturated heterocycles. The van der Waals surface area contributed by atoms with Crippen LogP contribution in [0.2, 0.25) is 0 Å². The Morgan fingerprint density at radius 3 is 2.80 bits per heavy atom. The van der Waals surface area contributed by atoms with Crippen LogP contribution in [0.3, 0.4) is 0 Å². The van der Waals surface area contributed by atoms with Crippen LogP contribution in [0.5, 0.6) is 0 Å². The van der Waals surface area contributed by atoms with Gasteiger partial charge < -0.3 is 4.89 Å². The second-order valence-electron chi connectivity index (χ2n) is 3.01. The molecule has 1 unspecified atom stereocenters. The lowest BCUT2D eigenvalue weighted by Gasteiger charge is -2.03. The lowest BCUT2D eigenvalue weighted by molar-refractivity contribution is -0.264. The maximum absolute atomic E-state index is 4.97. The summed E-state index contributed by atoms with van der Waals surface area (Å²) in [6.45, 7) is 6.88. The Kier molecular flexibility index (Phi) is 2.33. The molecule has 0 aliphatic carbocycles. The first-order valence-corrected chi connectivity index (χ1v) is 3.66. The molecule has 0 radical (unpaired) electrons. The SMILES string of the molecule is CC1=C(C)OOCC(C)C1. The summed E-state index contributed by atoms with van der Waals surface area (Å²) in [7, 11) is 0. The predicted molar refractivity (Wildman–Crippen MR) is 39.2 cm³/mol. The van der Waals surface area contributed by atoms with E-state index >= 15 is 0 Å². The molecule has 2 nitrogen and oxygen atoms in total. The highest BCUT2D eigenvalue weighted by Crippen LogP contribution is 2.19. The molecule has 0 bridgehead atoms. The van der Waals surface area contributed by atoms with Crippen LogP contribution in [-0.2, 0) is 9.78 Å². The summed E-state index contributed by atoms with van der Waals surface area (Å²) in [4.78, 5) is 9.90. The molecule has 0 aromatic carbocycles. The van der Waals surface area contributed by atoms with Gasteiger partial charge in [0.25, 0.3) is 0 Å². The van der Waals surface area contributed by atoms with Gasteiger partial charge in [0.1, 0.15) is 5.76 Å². The topological polar surface area (TPSA) is 18.5 Å². The average Bonchev–Trinajstić information content (AvgIpc) is 1.96. The fraction of sp³-hybridized carbons (Fsp3) is 0.750. The smallest absolute Gasteiger partial charge is 0.138 e. The minimum Gasteiger partial charge on any atom is -0.342 e. The predicted octanol–water partition coefficient (Wildman–Crippen LogP) is 2.27. The number of hydrogen-bond donors (Lipinski definition) is 0. The van der Waals surface area contributed by atoms with Crippen LogP contribution in [0, 0.1) is 5.92 Å². The Hall–Kier alpha value is -0.500. The zero-order valence-electron chi connectivity index (χ0n) is 6.81. The zero-order valence-corrected chi connectivity index (χ0v) is 6.81. The van der Waals surface area contributed by atoms with Gasteiger partial charge in [-0.25, -0.2) is 0 Å². The molecular weight excluding hydrogens is 128 g/mol. The van der Waals surface area contributed by atoms with Crippen molar-refractivity contribution in [1.82, 2.24) is 0 Å². The van der Waals surface area contributed by atoms with Gasteiger partial charge in [0, 0.05) is 0 Å². The summed E-state index contributed by atoms with van der Waals surface area (Å²) < 4.78 is 0. The molecule has 0 amide bonds. The van der Waals surface area contributed by atoms with Crippen molar-refractivity contribution < 1.29 is 9.78 Å². The quantitative estimate of drug-likeness (QED) is 0.483. The van der Waals surface area contributed by atoms with Crippen LogP contribution in [0.15, 0.2) is 11.3 Å². The summed E-state index contributed by atoms with van der Waals surface area (Å²) in [5, 5.41) is 0. The van der Waals surface area contributed by atoms with Crippen LogP contribution < -0.4 is 0 Å². The van der Waals surface area contributed by atoms with Crippen molar-refractivity contribution in [2.75, 3.05) is 6.61 Å². The molecule has 1 aliphatic rings. The Morgan fingerprint density at radius 1 is 1.40 bits per heavy atom. The third-order valence-corrected chi connectivity index (χ3v) is 1.79. The average molecular weight is 142 g/mol. The van der Waals surface area contributed by atoms with E-state index in [0.29, 0.717) is 12.5 Å². The van der Waals surface area contributed by atoms with Crippen molar-refractivity contribution in [2.45, 2.75) is 27.2 Å². The van der Waals surface area contributed by atoms with E-state index in [-0.39, 0.29) is 0 Å². The van der Waals surface area contributed by atoms with Crippen LogP contribution in [-0.4, -0.2) is 6.61 Å². The van der Waals surface area contributed by atoms with E-state index in [1.54, 1.807) is 0 Å². The van der Waals surface area contributed by atoms with Gasteiger partial charge in [-0.05, 0) is 31.8 Å². The Balaban J connectivity index is 2.61. The highest BCUT2D eigenvalue weighted by Gasteiger charge is 2.11. The van der Waals surface area contributed by atoms with Gasteiger partial charge in [0.15, 0.2) is 0 Å². The minimum absolute atomic E-state index is 0.581. The Labute approximate surface area is 61.8 Å². The third kappa shape index (κ3) is 1.74. The van der Waals surface area contributed by atoms with Crippen molar-refractivity contribution in [3.05, 3.63) is 11.3 Å². The van der Waals surface area contributed by atoms with Gasteiger partial charge in [-0.3, -0.25) is 0 Å². The fourth-order valence-electron chi connectivity index (χ4n) is 1.04. The maximum Gasteiger partial charge on any atom is 0.138 e. The number of rotatable bonds is 0. The molecule has 1 aliphatic heterocycles. The van der Waals surface area contributed by atoms with Gasteiger partial charge in [0.05, 0.1) is 6.61 Å². The molecule has 0 fully saturated rings. The summed E-state index contributed by atoms with van der Waals surface area (Å²) in [6.07, 6.45) is 1.09. The van der Waals surface area contributed by atoms with Crippen molar-refractivity contribution >= 4 is 0 Å². The first-order chi connectivity index (χ1) is 4.70. The summed E-state index contributed by atoms with van der Waals surface area (Å²) in [6, 6.07) is 0. The van der Waals surface area contributed by atoms with Crippen LogP contribution in [0.4, 0.5) is 0 Å². The second-order valence-corrected chi connectivity index (χ2v) is 3.01. The van der Waals surface area contributed by atoms with E-state index < -0.39 is 0 Å². The molecule has 0 saturated carbocycles. The maximum atomic E-state index is 4.97. The molecule has 10 heavy (non-hydrogen) atoms. The van der Waals surface area contributed by atoms with E-state index in [2.05, 4.69) is 13.8 Å². The molecule has 58 valence electrons. The minimum atomic E-state index is 0.581. The third-order valence-electron chi connectivity index (χ3n) is 1.79. The molecule has 1 heterocycles. The van der Waals surface area contributed by atoms with Gasteiger partial charge in [-0.15, -0.1) is 0 Å². The van der Waals surface area contributed by atoms with Crippen LogP contribution in [0.1, 0.15) is 27.2 Å². The van der Waals surface area contributed by atoms with Crippen molar-refractivity contribution in [1.29, 1.82) is 0 Å². The molecule has 0 spiro atoms. The molecule has 0 aromatic heterocycles. The van der Waals surface area contributed by atoms with E-state index in [0.717, 1.165) is 12.2 Å². The summed E-state index contributed by atoms with van der Waals surface area (Å²) in [5.41, 5.74) is 1.30. The van der Waals surface area contributed by atoms with Crippen molar-refractivity contribution in [2.24, 2.45) is 5.92 Å². The molecule has 1 atom stereocenters. The highest BCUT2D eigenvalue weighted by molar-refractivity contribution is 5.03. The highest BCUT2D eigenvalue weighted by atomic mass is 17.2. The molecule has 0 aromatic rings. The van der Waals surface area contributed by atoms with Crippen molar-refractivity contribution in [3.8, 4) is 0 Å². The van der Waals surface area contributed by atoms with E-state index in [1.807, 2.05) is 6.92 Å². The van der Waals surface area contributed by atoms with E-state index in [4.69, 9.17) is 9.78 Å². The Bertz CT molecular complexity index is 149. The lowest BCUT2D eigenvalue weighted by atomic mass is 10.0. The first-order valence-electron chi connectivity index (χ1n) is 3.66. The standard InChI is InChI=1S/C8H14O2/c1-6-4-7(2)8(3)10-9-5-6/h6H,4-5H2,1-3H3. The zero-order chi connectivity index (χ0) is 7.56. The van der Waals surface area contributed by atoms with Gasteiger partial charge >= 0.3 is 0 Å². The van der Waals surface area contributed by atoms with E-state index in [9.17, 15) is 0 Å². The van der Waals surface area contributed by atoms with Gasteiger partial charge in [-0.2, -0.15) is 4.89 Å². The second kappa shape index (κ2) is 3.06. The van der Waals surface area contributed by atoms with Crippen LogP contribution in [0.25, 0.3) is 0 Å². The summed E-state index contributed by atoms with van der Waals surface area (Å²) in [5.74, 6) is 1.50. The number of hydrogen-bond acceptors (Lipinski definition) is 2. The summed E-state index contributed by atoms with van der Waals surface area (Å²) >= 11 is 0. The molecule has 1 rings (SSSR count). The molecular formula is C8H14O2. The monoisotopic (exact) mass is 142 g/mol. The van der Waals surface area contributed by atoms with Crippen molar-refractivity contribution in [3.63, 3.8) is 0 Å². The first kappa shape index (κ1) is 7.61. The Morgan fingerprint density at radius 2 is 2.10 bits per heavy atom. The van der Waals surface area contributed by atoms with Gasteiger partial charge in [0.2, 0.25) is 0 Å². The molecule has 2 heteroatoms. The van der Waals surface area contributed by atoms with E-state index in [1.165, 1.54) is 5.57 Å². The largest absolute Gasteiger partial charge is 0.342 e. The van der Waals surface area contributed by atoms with Gasteiger partial charge in [-0.1, -0.05) is 6.92 Å².